The number of aryl methyl sites for hydroxylation is 2. The first-order valence-electron chi connectivity index (χ1n) is 7.92. The molecular formula is C21H18N2O. The lowest BCUT2D eigenvalue weighted by Gasteiger charge is -2.02. The second-order valence-electron chi connectivity index (χ2n) is 6.24. The van der Waals surface area contributed by atoms with Crippen molar-refractivity contribution in [1.82, 2.24) is 4.98 Å². The maximum atomic E-state index is 10.5. The summed E-state index contributed by atoms with van der Waals surface area (Å²) >= 11 is 0. The fourth-order valence-electron chi connectivity index (χ4n) is 3.11. The Hall–Kier alpha value is -3.07. The molecule has 2 heterocycles. The van der Waals surface area contributed by atoms with Gasteiger partial charge in [0.25, 0.3) is 0 Å². The Balaban J connectivity index is 1.87. The summed E-state index contributed by atoms with van der Waals surface area (Å²) in [7, 11) is 0. The first-order valence-corrected chi connectivity index (χ1v) is 7.92. The third kappa shape index (κ3) is 2.17. The predicted octanol–water partition coefficient (Wildman–Crippen LogP) is 4.83. The minimum atomic E-state index is 0.138. The van der Waals surface area contributed by atoms with Crippen LogP contribution in [0.2, 0.25) is 0 Å². The molecule has 0 spiro atoms. The van der Waals surface area contributed by atoms with E-state index in [1.54, 1.807) is 0 Å². The first kappa shape index (κ1) is 14.5. The zero-order valence-corrected chi connectivity index (χ0v) is 13.7. The average molecular weight is 314 g/mol. The molecular weight excluding hydrogens is 296 g/mol. The number of hydrogen-bond donors (Lipinski definition) is 2. The number of aliphatic imine (C=N–C) groups is 1. The van der Waals surface area contributed by atoms with E-state index < -0.39 is 0 Å². The summed E-state index contributed by atoms with van der Waals surface area (Å²) in [4.78, 5) is 7.73. The summed E-state index contributed by atoms with van der Waals surface area (Å²) in [5, 5.41) is 10.5. The van der Waals surface area contributed by atoms with Gasteiger partial charge in [-0.1, -0.05) is 66.2 Å². The van der Waals surface area contributed by atoms with Crippen molar-refractivity contribution in [2.75, 3.05) is 0 Å². The number of benzene rings is 2. The number of H-pyrrole nitrogens is 1. The molecule has 3 heteroatoms. The van der Waals surface area contributed by atoms with Crippen molar-refractivity contribution in [2.24, 2.45) is 4.99 Å². The Morgan fingerprint density at radius 3 is 1.96 bits per heavy atom. The lowest BCUT2D eigenvalue weighted by atomic mass is 9.99. The Morgan fingerprint density at radius 1 is 0.833 bits per heavy atom. The lowest BCUT2D eigenvalue weighted by molar-refractivity contribution is 0.456. The van der Waals surface area contributed by atoms with E-state index in [0.29, 0.717) is 5.70 Å². The monoisotopic (exact) mass is 314 g/mol. The molecule has 118 valence electrons. The minimum absolute atomic E-state index is 0.138. The Morgan fingerprint density at radius 2 is 1.38 bits per heavy atom. The molecule has 4 rings (SSSR count). The van der Waals surface area contributed by atoms with E-state index in [1.165, 1.54) is 11.1 Å². The largest absolute Gasteiger partial charge is 0.494 e. The summed E-state index contributed by atoms with van der Waals surface area (Å²) < 4.78 is 0. The molecule has 24 heavy (non-hydrogen) atoms. The van der Waals surface area contributed by atoms with Gasteiger partial charge in [-0.15, -0.1) is 0 Å². The summed E-state index contributed by atoms with van der Waals surface area (Å²) in [5.41, 5.74) is 8.29. The fraction of sp³-hybridized carbons (Fsp3) is 0.0952. The zero-order chi connectivity index (χ0) is 16.8. The first-order chi connectivity index (χ1) is 11.5. The highest BCUT2D eigenvalue weighted by Crippen LogP contribution is 2.42. The second-order valence-corrected chi connectivity index (χ2v) is 6.24. The number of fused-ring (bicyclic) bond motifs is 1. The summed E-state index contributed by atoms with van der Waals surface area (Å²) in [6, 6.07) is 16.3. The van der Waals surface area contributed by atoms with Crippen molar-refractivity contribution in [3.8, 4) is 17.1 Å². The third-order valence-corrected chi connectivity index (χ3v) is 4.42. The fourth-order valence-corrected chi connectivity index (χ4v) is 3.11. The standard InChI is InChI=1S/C21H18N2O/c1-12-4-8-15(9-5-12)19-17-14(3)22-20(18(17)21(24)23-19)16-10-6-13(2)7-11-16/h4-11,23-24H,3H2,1-2H3. The van der Waals surface area contributed by atoms with E-state index in [1.807, 2.05) is 43.3 Å². The van der Waals surface area contributed by atoms with Crippen molar-refractivity contribution in [3.05, 3.63) is 82.9 Å². The maximum absolute atomic E-state index is 10.5. The van der Waals surface area contributed by atoms with Gasteiger partial charge in [0.15, 0.2) is 5.88 Å². The number of aromatic nitrogens is 1. The number of rotatable bonds is 2. The molecule has 3 aromatic rings. The molecule has 0 saturated heterocycles. The molecule has 2 aromatic carbocycles. The van der Waals surface area contributed by atoms with Crippen molar-refractivity contribution < 1.29 is 5.11 Å². The van der Waals surface area contributed by atoms with E-state index in [2.05, 4.69) is 35.6 Å². The minimum Gasteiger partial charge on any atom is -0.494 e. The van der Waals surface area contributed by atoms with Gasteiger partial charge >= 0.3 is 0 Å². The number of hydrogen-bond acceptors (Lipinski definition) is 2. The zero-order valence-electron chi connectivity index (χ0n) is 13.7. The van der Waals surface area contributed by atoms with E-state index in [9.17, 15) is 5.11 Å². The molecule has 0 unspecified atom stereocenters. The lowest BCUT2D eigenvalue weighted by Crippen LogP contribution is -1.99. The molecule has 0 bridgehead atoms. The Bertz CT molecular complexity index is 974. The van der Waals surface area contributed by atoms with Gasteiger partial charge in [-0.25, -0.2) is 4.99 Å². The van der Waals surface area contributed by atoms with Crippen molar-refractivity contribution in [2.45, 2.75) is 13.8 Å². The quantitative estimate of drug-likeness (QED) is 0.699. The van der Waals surface area contributed by atoms with E-state index >= 15 is 0 Å². The van der Waals surface area contributed by atoms with Crippen LogP contribution in [0.1, 0.15) is 27.8 Å². The second kappa shape index (κ2) is 5.24. The molecule has 0 fully saturated rings. The Kier molecular flexibility index (Phi) is 3.17. The van der Waals surface area contributed by atoms with E-state index in [-0.39, 0.29) is 5.88 Å². The highest BCUT2D eigenvalue weighted by molar-refractivity contribution is 6.23. The molecule has 2 N–H and O–H groups in total. The smallest absolute Gasteiger partial charge is 0.199 e. The van der Waals surface area contributed by atoms with Crippen LogP contribution in [0.15, 0.2) is 60.1 Å². The molecule has 0 radical (unpaired) electrons. The molecule has 3 nitrogen and oxygen atoms in total. The van der Waals surface area contributed by atoms with Crippen LogP contribution in [-0.2, 0) is 0 Å². The van der Waals surface area contributed by atoms with E-state index in [4.69, 9.17) is 0 Å². The number of aromatic amines is 1. The summed E-state index contributed by atoms with van der Waals surface area (Å²) in [6.07, 6.45) is 0. The van der Waals surface area contributed by atoms with Gasteiger partial charge in [-0.05, 0) is 19.4 Å². The van der Waals surface area contributed by atoms with Crippen LogP contribution in [0.4, 0.5) is 0 Å². The van der Waals surface area contributed by atoms with Crippen LogP contribution in [0.5, 0.6) is 5.88 Å². The van der Waals surface area contributed by atoms with Gasteiger partial charge in [0.05, 0.1) is 22.7 Å². The van der Waals surface area contributed by atoms with Gasteiger partial charge in [0.1, 0.15) is 0 Å². The Labute approximate surface area is 141 Å². The topological polar surface area (TPSA) is 48.4 Å². The number of aromatic hydroxyl groups is 1. The van der Waals surface area contributed by atoms with Crippen molar-refractivity contribution >= 4 is 11.4 Å². The highest BCUT2D eigenvalue weighted by atomic mass is 16.3. The van der Waals surface area contributed by atoms with Crippen LogP contribution in [-0.4, -0.2) is 15.8 Å². The van der Waals surface area contributed by atoms with Gasteiger partial charge in [0.2, 0.25) is 0 Å². The van der Waals surface area contributed by atoms with Gasteiger partial charge in [-0.3, -0.25) is 0 Å². The molecule has 0 amide bonds. The van der Waals surface area contributed by atoms with Crippen LogP contribution in [0.25, 0.3) is 17.0 Å². The van der Waals surface area contributed by atoms with Crippen LogP contribution >= 0.6 is 0 Å². The average Bonchev–Trinajstić information content (AvgIpc) is 3.08. The molecule has 0 atom stereocenters. The molecule has 0 saturated carbocycles. The summed E-state index contributed by atoms with van der Waals surface area (Å²) in [6.45, 7) is 8.19. The van der Waals surface area contributed by atoms with Gasteiger partial charge in [0, 0.05) is 11.1 Å². The predicted molar refractivity (Wildman–Crippen MR) is 98.5 cm³/mol. The number of nitrogens with zero attached hydrogens (tertiary/aromatic N) is 1. The maximum Gasteiger partial charge on any atom is 0.199 e. The third-order valence-electron chi connectivity index (χ3n) is 4.42. The molecule has 1 aliphatic rings. The van der Waals surface area contributed by atoms with Crippen LogP contribution < -0.4 is 0 Å². The van der Waals surface area contributed by atoms with Crippen molar-refractivity contribution in [3.63, 3.8) is 0 Å². The summed E-state index contributed by atoms with van der Waals surface area (Å²) in [5.74, 6) is 0.138. The van der Waals surface area contributed by atoms with Gasteiger partial charge < -0.3 is 10.1 Å². The van der Waals surface area contributed by atoms with E-state index in [0.717, 1.165) is 33.7 Å². The molecule has 1 aromatic heterocycles. The van der Waals surface area contributed by atoms with Crippen LogP contribution in [0, 0.1) is 13.8 Å². The van der Waals surface area contributed by atoms with Gasteiger partial charge in [-0.2, -0.15) is 0 Å². The normalized spacial score (nSPS) is 13.1. The van der Waals surface area contributed by atoms with Crippen molar-refractivity contribution in [1.29, 1.82) is 0 Å². The van der Waals surface area contributed by atoms with Crippen LogP contribution in [0.3, 0.4) is 0 Å². The molecule has 0 aliphatic carbocycles. The number of nitrogens with one attached hydrogen (secondary N) is 1. The highest BCUT2D eigenvalue weighted by Gasteiger charge is 2.29. The SMILES string of the molecule is C=C1N=C(c2ccc(C)cc2)c2c(O)[nH]c(-c3ccc(C)cc3)c21. The molecule has 1 aliphatic heterocycles.